The van der Waals surface area contributed by atoms with Crippen LogP contribution in [0.15, 0.2) is 4.99 Å². The van der Waals surface area contributed by atoms with Crippen LogP contribution < -0.4 is 0 Å². The minimum Gasteiger partial charge on any atom is -0.348 e. The SMILES string of the molecule is CC1(C)OCC(CN=C=O)O1. The van der Waals surface area contributed by atoms with E-state index in [4.69, 9.17) is 9.47 Å². The van der Waals surface area contributed by atoms with Crippen molar-refractivity contribution in [1.29, 1.82) is 0 Å². The van der Waals surface area contributed by atoms with E-state index in [0.29, 0.717) is 13.2 Å². The van der Waals surface area contributed by atoms with E-state index in [1.807, 2.05) is 13.8 Å². The van der Waals surface area contributed by atoms with Crippen LogP contribution in [-0.2, 0) is 14.3 Å². The summed E-state index contributed by atoms with van der Waals surface area (Å²) in [6.07, 6.45) is 1.37. The monoisotopic (exact) mass is 157 g/mol. The maximum Gasteiger partial charge on any atom is 0.235 e. The summed E-state index contributed by atoms with van der Waals surface area (Å²) >= 11 is 0. The van der Waals surface area contributed by atoms with E-state index in [1.165, 1.54) is 6.08 Å². The minimum absolute atomic E-state index is 0.0913. The highest BCUT2D eigenvalue weighted by Crippen LogP contribution is 2.21. The molecule has 1 atom stereocenters. The Morgan fingerprint density at radius 2 is 2.45 bits per heavy atom. The molecule has 0 aromatic heterocycles. The van der Waals surface area contributed by atoms with Crippen LogP contribution in [0.5, 0.6) is 0 Å². The van der Waals surface area contributed by atoms with Gasteiger partial charge in [-0.3, -0.25) is 0 Å². The first kappa shape index (κ1) is 8.40. The van der Waals surface area contributed by atoms with Crippen molar-refractivity contribution in [2.75, 3.05) is 13.2 Å². The largest absolute Gasteiger partial charge is 0.348 e. The lowest BCUT2D eigenvalue weighted by atomic mass is 10.4. The van der Waals surface area contributed by atoms with Crippen molar-refractivity contribution in [2.24, 2.45) is 4.99 Å². The van der Waals surface area contributed by atoms with E-state index in [1.54, 1.807) is 0 Å². The Morgan fingerprint density at radius 1 is 1.73 bits per heavy atom. The van der Waals surface area contributed by atoms with Crippen molar-refractivity contribution in [2.45, 2.75) is 25.7 Å². The van der Waals surface area contributed by atoms with E-state index in [-0.39, 0.29) is 6.10 Å². The average Bonchev–Trinajstić information content (AvgIpc) is 2.26. The van der Waals surface area contributed by atoms with Gasteiger partial charge in [0.2, 0.25) is 6.08 Å². The van der Waals surface area contributed by atoms with Gasteiger partial charge in [-0.15, -0.1) is 0 Å². The van der Waals surface area contributed by atoms with E-state index in [2.05, 4.69) is 4.99 Å². The molecule has 0 N–H and O–H groups in total. The quantitative estimate of drug-likeness (QED) is 0.432. The van der Waals surface area contributed by atoms with Crippen LogP contribution in [0.25, 0.3) is 0 Å². The lowest BCUT2D eigenvalue weighted by molar-refractivity contribution is -0.137. The molecule has 4 nitrogen and oxygen atoms in total. The van der Waals surface area contributed by atoms with Gasteiger partial charge in [-0.25, -0.2) is 9.79 Å². The Morgan fingerprint density at radius 3 is 2.91 bits per heavy atom. The van der Waals surface area contributed by atoms with Crippen molar-refractivity contribution in [3.05, 3.63) is 0 Å². The minimum atomic E-state index is -0.525. The summed E-state index contributed by atoms with van der Waals surface area (Å²) in [4.78, 5) is 13.1. The molecule has 4 heteroatoms. The molecule has 1 fully saturated rings. The molecule has 11 heavy (non-hydrogen) atoms. The first-order chi connectivity index (χ1) is 5.14. The first-order valence-electron chi connectivity index (χ1n) is 3.49. The van der Waals surface area contributed by atoms with Gasteiger partial charge in [0, 0.05) is 0 Å². The molecule has 1 aliphatic heterocycles. The molecule has 0 bridgehead atoms. The Labute approximate surface area is 65.2 Å². The topological polar surface area (TPSA) is 47.9 Å². The lowest BCUT2D eigenvalue weighted by Gasteiger charge is -2.15. The Balaban J connectivity index is 2.36. The fourth-order valence-electron chi connectivity index (χ4n) is 0.992. The van der Waals surface area contributed by atoms with Gasteiger partial charge in [-0.1, -0.05) is 0 Å². The zero-order valence-corrected chi connectivity index (χ0v) is 6.66. The molecule has 1 saturated heterocycles. The molecule has 0 aromatic rings. The zero-order valence-electron chi connectivity index (χ0n) is 6.66. The number of nitrogens with zero attached hydrogens (tertiary/aromatic N) is 1. The van der Waals surface area contributed by atoms with Gasteiger partial charge in [0.15, 0.2) is 5.79 Å². The molecule has 1 aliphatic rings. The van der Waals surface area contributed by atoms with E-state index in [0.717, 1.165) is 0 Å². The number of aliphatic imine (C=N–C) groups is 1. The summed E-state index contributed by atoms with van der Waals surface area (Å²) in [6.45, 7) is 4.50. The predicted octanol–water partition coefficient (Wildman–Crippen LogP) is 0.474. The molecule has 1 rings (SSSR count). The third kappa shape index (κ3) is 2.42. The summed E-state index contributed by atoms with van der Waals surface area (Å²) in [5, 5.41) is 0. The van der Waals surface area contributed by atoms with Gasteiger partial charge < -0.3 is 9.47 Å². The number of hydrogen-bond acceptors (Lipinski definition) is 4. The summed E-state index contributed by atoms with van der Waals surface area (Å²) in [5.74, 6) is -0.525. The average molecular weight is 157 g/mol. The van der Waals surface area contributed by atoms with Gasteiger partial charge in [0.25, 0.3) is 0 Å². The van der Waals surface area contributed by atoms with Crippen molar-refractivity contribution >= 4 is 6.08 Å². The number of carbonyl (C=O) groups excluding carboxylic acids is 1. The van der Waals surface area contributed by atoms with Crippen molar-refractivity contribution in [3.8, 4) is 0 Å². The first-order valence-corrected chi connectivity index (χ1v) is 3.49. The highest BCUT2D eigenvalue weighted by molar-refractivity contribution is 5.32. The van der Waals surface area contributed by atoms with E-state index >= 15 is 0 Å². The van der Waals surface area contributed by atoms with Crippen LogP contribution >= 0.6 is 0 Å². The smallest absolute Gasteiger partial charge is 0.235 e. The molecular formula is C7H11NO3. The molecule has 0 saturated carbocycles. The second kappa shape index (κ2) is 3.13. The maximum absolute atomic E-state index is 9.73. The molecule has 1 heterocycles. The summed E-state index contributed by atoms with van der Waals surface area (Å²) in [5.41, 5.74) is 0. The van der Waals surface area contributed by atoms with Crippen LogP contribution in [-0.4, -0.2) is 31.1 Å². The Kier molecular flexibility index (Phi) is 2.39. The third-order valence-corrected chi connectivity index (χ3v) is 1.43. The molecule has 0 radical (unpaired) electrons. The number of isocyanates is 1. The third-order valence-electron chi connectivity index (χ3n) is 1.43. The van der Waals surface area contributed by atoms with Crippen LogP contribution in [0.2, 0.25) is 0 Å². The molecule has 62 valence electrons. The molecular weight excluding hydrogens is 146 g/mol. The highest BCUT2D eigenvalue weighted by atomic mass is 16.7. The number of hydrogen-bond donors (Lipinski definition) is 0. The normalized spacial score (nSPS) is 28.0. The fraction of sp³-hybridized carbons (Fsp3) is 0.857. The molecule has 0 aromatic carbocycles. The number of ether oxygens (including phenoxy) is 2. The zero-order chi connectivity index (χ0) is 8.32. The van der Waals surface area contributed by atoms with Crippen LogP contribution in [0.4, 0.5) is 0 Å². The second-order valence-corrected chi connectivity index (χ2v) is 2.88. The van der Waals surface area contributed by atoms with Crippen molar-refractivity contribution in [1.82, 2.24) is 0 Å². The van der Waals surface area contributed by atoms with Gasteiger partial charge >= 0.3 is 0 Å². The van der Waals surface area contributed by atoms with Gasteiger partial charge in [0.05, 0.1) is 13.2 Å². The maximum atomic E-state index is 9.73. The van der Waals surface area contributed by atoms with Crippen molar-refractivity contribution < 1.29 is 14.3 Å². The summed E-state index contributed by atoms with van der Waals surface area (Å²) in [7, 11) is 0. The fourth-order valence-corrected chi connectivity index (χ4v) is 0.992. The van der Waals surface area contributed by atoms with Gasteiger partial charge in [-0.2, -0.15) is 0 Å². The summed E-state index contributed by atoms with van der Waals surface area (Å²) in [6, 6.07) is 0. The van der Waals surface area contributed by atoms with Crippen LogP contribution in [0, 0.1) is 0 Å². The van der Waals surface area contributed by atoms with E-state index in [9.17, 15) is 4.79 Å². The Hall–Kier alpha value is -0.700. The van der Waals surface area contributed by atoms with Gasteiger partial charge in [-0.05, 0) is 13.8 Å². The molecule has 0 amide bonds. The molecule has 0 aliphatic carbocycles. The van der Waals surface area contributed by atoms with Gasteiger partial charge in [0.1, 0.15) is 6.10 Å². The molecule has 0 spiro atoms. The predicted molar refractivity (Wildman–Crippen MR) is 37.9 cm³/mol. The standard InChI is InChI=1S/C7H11NO3/c1-7(2)10-4-6(11-7)3-8-5-9/h6H,3-4H2,1-2H3. The Bertz CT molecular complexity index is 184. The van der Waals surface area contributed by atoms with Crippen molar-refractivity contribution in [3.63, 3.8) is 0 Å². The van der Waals surface area contributed by atoms with Crippen LogP contribution in [0.1, 0.15) is 13.8 Å². The highest BCUT2D eigenvalue weighted by Gasteiger charge is 2.32. The van der Waals surface area contributed by atoms with Crippen LogP contribution in [0.3, 0.4) is 0 Å². The summed E-state index contributed by atoms with van der Waals surface area (Å²) < 4.78 is 10.6. The number of rotatable bonds is 2. The lowest BCUT2D eigenvalue weighted by Crippen LogP contribution is -2.22. The molecule has 1 unspecified atom stereocenters. The van der Waals surface area contributed by atoms with E-state index < -0.39 is 5.79 Å². The second-order valence-electron chi connectivity index (χ2n) is 2.88.